The maximum atomic E-state index is 3.77. The third kappa shape index (κ3) is 6.19. The number of nitrogens with zero attached hydrogens (tertiary/aromatic N) is 1. The molecule has 0 aromatic carbocycles. The Morgan fingerprint density at radius 1 is 1.06 bits per heavy atom. The smallest absolute Gasteiger partial charge is 0.00721 e. The highest BCUT2D eigenvalue weighted by Crippen LogP contribution is 2.28. The van der Waals surface area contributed by atoms with Crippen LogP contribution in [0.15, 0.2) is 0 Å². The molecule has 0 amide bonds. The fraction of sp³-hybridized carbons (Fsp3) is 1.00. The molecule has 2 nitrogen and oxygen atoms in total. The molecule has 0 aromatic heterocycles. The van der Waals surface area contributed by atoms with Crippen molar-refractivity contribution in [1.29, 1.82) is 0 Å². The maximum Gasteiger partial charge on any atom is 0.00721 e. The topological polar surface area (TPSA) is 15.3 Å². The first-order valence-corrected chi connectivity index (χ1v) is 7.92. The number of rotatable bonds is 7. The van der Waals surface area contributed by atoms with Crippen LogP contribution in [-0.2, 0) is 0 Å². The van der Waals surface area contributed by atoms with Gasteiger partial charge >= 0.3 is 0 Å². The minimum absolute atomic E-state index is 0.679. The van der Waals surface area contributed by atoms with Gasteiger partial charge in [-0.15, -0.1) is 0 Å². The van der Waals surface area contributed by atoms with Gasteiger partial charge in [-0.3, -0.25) is 0 Å². The maximum absolute atomic E-state index is 3.77. The first-order chi connectivity index (χ1) is 8.49. The second kappa shape index (κ2) is 8.16. The van der Waals surface area contributed by atoms with Gasteiger partial charge in [0.15, 0.2) is 0 Å². The average Bonchev–Trinajstić information content (AvgIpc) is 2.26. The Bertz CT molecular complexity index is 205. The lowest BCUT2D eigenvalue weighted by molar-refractivity contribution is 0.235. The molecule has 2 heteroatoms. The van der Waals surface area contributed by atoms with Crippen molar-refractivity contribution in [2.45, 2.75) is 71.9 Å². The van der Waals surface area contributed by atoms with Crippen molar-refractivity contribution >= 4 is 0 Å². The number of hydrogen-bond donors (Lipinski definition) is 1. The molecule has 2 atom stereocenters. The van der Waals surface area contributed by atoms with Gasteiger partial charge in [0.1, 0.15) is 0 Å². The number of hydrogen-bond acceptors (Lipinski definition) is 2. The van der Waals surface area contributed by atoms with Crippen LogP contribution in [0.4, 0.5) is 0 Å². The molecule has 1 aliphatic rings. The van der Waals surface area contributed by atoms with Gasteiger partial charge in [-0.1, -0.05) is 13.8 Å². The van der Waals surface area contributed by atoms with E-state index in [1.165, 1.54) is 45.2 Å². The van der Waals surface area contributed by atoms with Crippen LogP contribution in [0.3, 0.4) is 0 Å². The molecule has 1 aliphatic carbocycles. The summed E-state index contributed by atoms with van der Waals surface area (Å²) in [5, 5.41) is 3.77. The van der Waals surface area contributed by atoms with Gasteiger partial charge in [-0.25, -0.2) is 0 Å². The zero-order valence-corrected chi connectivity index (χ0v) is 13.2. The van der Waals surface area contributed by atoms with E-state index in [1.807, 2.05) is 0 Å². The van der Waals surface area contributed by atoms with Crippen LogP contribution in [0.1, 0.15) is 59.8 Å². The van der Waals surface area contributed by atoms with Crippen LogP contribution in [-0.4, -0.2) is 37.1 Å². The second-order valence-electron chi connectivity index (χ2n) is 6.85. The molecule has 2 unspecified atom stereocenters. The molecule has 1 rings (SSSR count). The molecule has 0 aliphatic heterocycles. The van der Waals surface area contributed by atoms with Gasteiger partial charge in [0.05, 0.1) is 0 Å². The Labute approximate surface area is 115 Å². The average molecular weight is 254 g/mol. The molecule has 18 heavy (non-hydrogen) atoms. The molecular weight excluding hydrogens is 220 g/mol. The van der Waals surface area contributed by atoms with Crippen molar-refractivity contribution in [3.63, 3.8) is 0 Å². The fourth-order valence-electron chi connectivity index (χ4n) is 3.16. The minimum atomic E-state index is 0.679. The monoisotopic (exact) mass is 254 g/mol. The van der Waals surface area contributed by atoms with Crippen LogP contribution >= 0.6 is 0 Å². The molecular formula is C16H34N2. The summed E-state index contributed by atoms with van der Waals surface area (Å²) in [6.45, 7) is 11.8. The third-order valence-corrected chi connectivity index (χ3v) is 4.43. The van der Waals surface area contributed by atoms with E-state index < -0.39 is 0 Å². The van der Waals surface area contributed by atoms with Gasteiger partial charge in [-0.2, -0.15) is 0 Å². The standard InChI is InChI=1S/C16H34N2/c1-13(2)18(5)9-7-6-8-17-16-11-14(3)10-15(4)12-16/h13-17H,6-12H2,1-5H3. The Morgan fingerprint density at radius 3 is 2.22 bits per heavy atom. The summed E-state index contributed by atoms with van der Waals surface area (Å²) in [5.74, 6) is 1.83. The summed E-state index contributed by atoms with van der Waals surface area (Å²) in [4.78, 5) is 2.44. The van der Waals surface area contributed by atoms with E-state index in [2.05, 4.69) is 45.0 Å². The van der Waals surface area contributed by atoms with Crippen LogP contribution in [0, 0.1) is 11.8 Å². The lowest BCUT2D eigenvalue weighted by Gasteiger charge is -2.32. The number of nitrogens with one attached hydrogen (secondary N) is 1. The van der Waals surface area contributed by atoms with Crippen molar-refractivity contribution in [3.05, 3.63) is 0 Å². The van der Waals surface area contributed by atoms with Crippen LogP contribution in [0.2, 0.25) is 0 Å². The van der Waals surface area contributed by atoms with E-state index in [4.69, 9.17) is 0 Å². The quantitative estimate of drug-likeness (QED) is 0.699. The van der Waals surface area contributed by atoms with Gasteiger partial charge in [0.2, 0.25) is 0 Å². The molecule has 0 radical (unpaired) electrons. The zero-order valence-electron chi connectivity index (χ0n) is 13.2. The second-order valence-corrected chi connectivity index (χ2v) is 6.85. The van der Waals surface area contributed by atoms with Crippen molar-refractivity contribution < 1.29 is 0 Å². The van der Waals surface area contributed by atoms with Gasteiger partial charge < -0.3 is 10.2 Å². The van der Waals surface area contributed by atoms with Crippen molar-refractivity contribution in [3.8, 4) is 0 Å². The van der Waals surface area contributed by atoms with Crippen LogP contribution in [0.5, 0.6) is 0 Å². The predicted octanol–water partition coefficient (Wildman–Crippen LogP) is 3.52. The highest BCUT2D eigenvalue weighted by atomic mass is 15.1. The SMILES string of the molecule is CC1CC(C)CC(NCCCCN(C)C(C)C)C1. The lowest BCUT2D eigenvalue weighted by atomic mass is 9.80. The summed E-state index contributed by atoms with van der Waals surface area (Å²) < 4.78 is 0. The molecule has 1 N–H and O–H groups in total. The third-order valence-electron chi connectivity index (χ3n) is 4.43. The lowest BCUT2D eigenvalue weighted by Crippen LogP contribution is -2.37. The molecule has 0 aromatic rings. The normalized spacial score (nSPS) is 29.2. The van der Waals surface area contributed by atoms with Crippen LogP contribution < -0.4 is 5.32 Å². The molecule has 0 spiro atoms. The highest BCUT2D eigenvalue weighted by Gasteiger charge is 2.22. The van der Waals surface area contributed by atoms with Gasteiger partial charge in [0.25, 0.3) is 0 Å². The van der Waals surface area contributed by atoms with E-state index >= 15 is 0 Å². The molecule has 1 saturated carbocycles. The van der Waals surface area contributed by atoms with Crippen molar-refractivity contribution in [1.82, 2.24) is 10.2 Å². The molecule has 1 fully saturated rings. The Hall–Kier alpha value is -0.0800. The minimum Gasteiger partial charge on any atom is -0.314 e. The van der Waals surface area contributed by atoms with Gasteiger partial charge in [-0.05, 0) is 77.9 Å². The molecule has 0 bridgehead atoms. The summed E-state index contributed by atoms with van der Waals surface area (Å²) in [7, 11) is 2.22. The summed E-state index contributed by atoms with van der Waals surface area (Å²) in [6, 6.07) is 1.46. The highest BCUT2D eigenvalue weighted by molar-refractivity contribution is 4.79. The van der Waals surface area contributed by atoms with Crippen molar-refractivity contribution in [2.24, 2.45) is 11.8 Å². The van der Waals surface area contributed by atoms with Gasteiger partial charge in [0, 0.05) is 12.1 Å². The summed E-state index contributed by atoms with van der Waals surface area (Å²) in [6.07, 6.45) is 6.83. The molecule has 0 saturated heterocycles. The Balaban J connectivity index is 2.04. The Kier molecular flexibility index (Phi) is 7.25. The van der Waals surface area contributed by atoms with Crippen LogP contribution in [0.25, 0.3) is 0 Å². The summed E-state index contributed by atoms with van der Waals surface area (Å²) >= 11 is 0. The zero-order chi connectivity index (χ0) is 13.5. The van der Waals surface area contributed by atoms with E-state index in [-0.39, 0.29) is 0 Å². The summed E-state index contributed by atoms with van der Waals surface area (Å²) in [5.41, 5.74) is 0. The number of unbranched alkanes of at least 4 members (excludes halogenated alkanes) is 1. The van der Waals surface area contributed by atoms with E-state index in [0.29, 0.717) is 6.04 Å². The molecule has 108 valence electrons. The van der Waals surface area contributed by atoms with E-state index in [9.17, 15) is 0 Å². The van der Waals surface area contributed by atoms with E-state index in [1.54, 1.807) is 0 Å². The first-order valence-electron chi connectivity index (χ1n) is 7.92. The first kappa shape index (κ1) is 16.0. The van der Waals surface area contributed by atoms with Crippen molar-refractivity contribution in [2.75, 3.05) is 20.1 Å². The largest absolute Gasteiger partial charge is 0.314 e. The molecule has 0 heterocycles. The van der Waals surface area contributed by atoms with E-state index in [0.717, 1.165) is 17.9 Å². The fourth-order valence-corrected chi connectivity index (χ4v) is 3.16. The Morgan fingerprint density at radius 2 is 1.67 bits per heavy atom. The predicted molar refractivity (Wildman–Crippen MR) is 81.0 cm³/mol.